The highest BCUT2D eigenvalue weighted by molar-refractivity contribution is 6.10. The van der Waals surface area contributed by atoms with Crippen LogP contribution in [0.25, 0.3) is 0 Å². The molecule has 5 amide bonds. The van der Waals surface area contributed by atoms with Gasteiger partial charge in [0.05, 0.1) is 0 Å². The van der Waals surface area contributed by atoms with Crippen LogP contribution in [-0.2, 0) is 21.5 Å². The van der Waals surface area contributed by atoms with Crippen LogP contribution in [-0.4, -0.2) is 41.2 Å². The number of hydrogen-bond donors (Lipinski definition) is 3. The van der Waals surface area contributed by atoms with Crippen LogP contribution >= 0.6 is 0 Å². The van der Waals surface area contributed by atoms with Crippen molar-refractivity contribution in [3.63, 3.8) is 0 Å². The molecule has 0 spiro atoms. The molecule has 1 saturated carbocycles. The van der Waals surface area contributed by atoms with Gasteiger partial charge in [-0.1, -0.05) is 66.7 Å². The minimum absolute atomic E-state index is 0.198. The number of anilines is 1. The van der Waals surface area contributed by atoms with E-state index in [-0.39, 0.29) is 18.4 Å². The molecular weight excluding hydrogens is 456 g/mol. The highest BCUT2D eigenvalue weighted by atomic mass is 16.2. The fourth-order valence-electron chi connectivity index (χ4n) is 4.39. The molecule has 8 nitrogen and oxygen atoms in total. The molecule has 8 heteroatoms. The largest absolute Gasteiger partial charge is 0.349 e. The Balaban J connectivity index is 1.33. The molecule has 3 N–H and O–H groups in total. The first-order chi connectivity index (χ1) is 17.4. The van der Waals surface area contributed by atoms with Gasteiger partial charge in [0.2, 0.25) is 5.91 Å². The fraction of sp³-hybridized carbons (Fsp3) is 0.214. The minimum atomic E-state index is -1.32. The summed E-state index contributed by atoms with van der Waals surface area (Å²) in [4.78, 5) is 52.8. The van der Waals surface area contributed by atoms with Gasteiger partial charge in [-0.05, 0) is 42.2 Å². The Morgan fingerprint density at radius 3 is 2.31 bits per heavy atom. The summed E-state index contributed by atoms with van der Waals surface area (Å²) in [5, 5.41) is 8.46. The van der Waals surface area contributed by atoms with Gasteiger partial charge in [-0.25, -0.2) is 4.79 Å². The summed E-state index contributed by atoms with van der Waals surface area (Å²) >= 11 is 0. The Bertz CT molecular complexity index is 1310. The Morgan fingerprint density at radius 2 is 1.61 bits per heavy atom. The molecule has 1 aliphatic heterocycles. The lowest BCUT2D eigenvalue weighted by Crippen LogP contribution is -2.46. The topological polar surface area (TPSA) is 108 Å². The van der Waals surface area contributed by atoms with E-state index in [0.29, 0.717) is 16.8 Å². The van der Waals surface area contributed by atoms with Crippen molar-refractivity contribution >= 4 is 29.4 Å². The monoisotopic (exact) mass is 482 g/mol. The van der Waals surface area contributed by atoms with Crippen LogP contribution < -0.4 is 16.0 Å². The number of nitrogens with one attached hydrogen (secondary N) is 3. The number of rotatable bonds is 8. The third-order valence-electron chi connectivity index (χ3n) is 6.38. The molecule has 1 unspecified atom stereocenters. The van der Waals surface area contributed by atoms with E-state index in [1.165, 1.54) is 0 Å². The molecular formula is C28H26N4O4. The number of hydrogen-bond acceptors (Lipinski definition) is 4. The highest BCUT2D eigenvalue weighted by Gasteiger charge is 2.52. The van der Waals surface area contributed by atoms with E-state index in [1.54, 1.807) is 36.4 Å². The van der Waals surface area contributed by atoms with E-state index in [0.717, 1.165) is 23.3 Å². The predicted octanol–water partition coefficient (Wildman–Crippen LogP) is 3.21. The van der Waals surface area contributed by atoms with Crippen LogP contribution in [0.2, 0.25) is 0 Å². The summed E-state index contributed by atoms with van der Waals surface area (Å²) < 4.78 is 0. The summed E-state index contributed by atoms with van der Waals surface area (Å²) in [6, 6.07) is 24.6. The van der Waals surface area contributed by atoms with Gasteiger partial charge < -0.3 is 16.0 Å². The third-order valence-corrected chi connectivity index (χ3v) is 6.38. The van der Waals surface area contributed by atoms with Crippen LogP contribution in [0.1, 0.15) is 34.3 Å². The van der Waals surface area contributed by atoms with Crippen LogP contribution in [0.4, 0.5) is 10.5 Å². The van der Waals surface area contributed by atoms with E-state index >= 15 is 0 Å². The second-order valence-corrected chi connectivity index (χ2v) is 9.13. The predicted molar refractivity (Wildman–Crippen MR) is 134 cm³/mol. The van der Waals surface area contributed by atoms with Gasteiger partial charge in [0.25, 0.3) is 11.8 Å². The summed E-state index contributed by atoms with van der Waals surface area (Å²) in [7, 11) is 0. The first kappa shape index (κ1) is 23.3. The van der Waals surface area contributed by atoms with E-state index in [4.69, 9.17) is 0 Å². The Hall–Kier alpha value is -4.46. The number of amides is 5. The molecule has 1 aliphatic carbocycles. The first-order valence-corrected chi connectivity index (χ1v) is 11.9. The second kappa shape index (κ2) is 9.65. The molecule has 2 fully saturated rings. The number of urea groups is 1. The van der Waals surface area contributed by atoms with Gasteiger partial charge in [-0.2, -0.15) is 0 Å². The smallest absolute Gasteiger partial charge is 0.325 e. The number of carbonyl (C=O) groups is 4. The van der Waals surface area contributed by atoms with Crippen molar-refractivity contribution in [3.8, 4) is 0 Å². The van der Waals surface area contributed by atoms with Gasteiger partial charge in [0.15, 0.2) is 5.54 Å². The molecule has 1 saturated heterocycles. The SMILES string of the molecule is O=C(CN1C(=O)NC(Cc2ccccc2)(c2ccccc2)C1=O)Nc1cccc(C(=O)NC2CC2)c1. The Labute approximate surface area is 208 Å². The van der Waals surface area contributed by atoms with Crippen molar-refractivity contribution in [1.29, 1.82) is 0 Å². The maximum Gasteiger partial charge on any atom is 0.325 e. The van der Waals surface area contributed by atoms with E-state index in [9.17, 15) is 19.2 Å². The lowest BCUT2D eigenvalue weighted by atomic mass is 9.83. The number of imide groups is 1. The van der Waals surface area contributed by atoms with Gasteiger partial charge >= 0.3 is 6.03 Å². The molecule has 1 atom stereocenters. The fourth-order valence-corrected chi connectivity index (χ4v) is 4.39. The van der Waals surface area contributed by atoms with Crippen molar-refractivity contribution in [2.45, 2.75) is 30.8 Å². The van der Waals surface area contributed by atoms with Gasteiger partial charge in [-0.15, -0.1) is 0 Å². The average Bonchev–Trinajstić information content (AvgIpc) is 3.68. The molecule has 36 heavy (non-hydrogen) atoms. The quantitative estimate of drug-likeness (QED) is 0.429. The van der Waals surface area contributed by atoms with Crippen LogP contribution in [0, 0.1) is 0 Å². The molecule has 182 valence electrons. The lowest BCUT2D eigenvalue weighted by Gasteiger charge is -2.27. The van der Waals surface area contributed by atoms with Crippen LogP contribution in [0.3, 0.4) is 0 Å². The van der Waals surface area contributed by atoms with Crippen LogP contribution in [0.15, 0.2) is 84.9 Å². The Morgan fingerprint density at radius 1 is 0.917 bits per heavy atom. The van der Waals surface area contributed by atoms with Crippen molar-refractivity contribution < 1.29 is 19.2 Å². The first-order valence-electron chi connectivity index (χ1n) is 11.9. The lowest BCUT2D eigenvalue weighted by molar-refractivity contribution is -0.134. The molecule has 1 heterocycles. The summed E-state index contributed by atoms with van der Waals surface area (Å²) in [6.45, 7) is -0.452. The van der Waals surface area contributed by atoms with E-state index < -0.39 is 29.9 Å². The standard InChI is InChI=1S/C28H26N4O4/c33-24(29-23-13-7-10-20(16-23)25(34)30-22-14-15-22)18-32-26(35)28(31-27(32)36,21-11-5-2-6-12-21)17-19-8-3-1-4-9-19/h1-13,16,22H,14-15,17-18H2,(H,29,33)(H,30,34)(H,31,36). The van der Waals surface area contributed by atoms with Crippen molar-refractivity contribution in [2.75, 3.05) is 11.9 Å². The van der Waals surface area contributed by atoms with Crippen molar-refractivity contribution in [1.82, 2.24) is 15.5 Å². The number of nitrogens with zero attached hydrogens (tertiary/aromatic N) is 1. The number of benzene rings is 3. The summed E-state index contributed by atoms with van der Waals surface area (Å²) in [5.41, 5.74) is 1.04. The van der Waals surface area contributed by atoms with Crippen LogP contribution in [0.5, 0.6) is 0 Å². The van der Waals surface area contributed by atoms with E-state index in [2.05, 4.69) is 16.0 Å². The molecule has 0 bridgehead atoms. The summed E-state index contributed by atoms with van der Waals surface area (Å²) in [5.74, 6) is -1.23. The second-order valence-electron chi connectivity index (χ2n) is 9.13. The van der Waals surface area contributed by atoms with Gasteiger partial charge in [0.1, 0.15) is 6.54 Å². The van der Waals surface area contributed by atoms with Gasteiger partial charge in [0, 0.05) is 23.7 Å². The molecule has 2 aliphatic rings. The zero-order chi connectivity index (χ0) is 25.1. The van der Waals surface area contributed by atoms with Gasteiger partial charge in [-0.3, -0.25) is 19.3 Å². The zero-order valence-corrected chi connectivity index (χ0v) is 19.6. The zero-order valence-electron chi connectivity index (χ0n) is 19.6. The van der Waals surface area contributed by atoms with E-state index in [1.807, 2.05) is 48.5 Å². The molecule has 0 radical (unpaired) electrons. The maximum atomic E-state index is 13.7. The third kappa shape index (κ3) is 4.84. The normalized spacial score (nSPS) is 19.1. The molecule has 3 aromatic carbocycles. The van der Waals surface area contributed by atoms with Crippen molar-refractivity contribution in [2.24, 2.45) is 0 Å². The number of carbonyl (C=O) groups excluding carboxylic acids is 4. The van der Waals surface area contributed by atoms with Crippen molar-refractivity contribution in [3.05, 3.63) is 102 Å². The average molecular weight is 483 g/mol. The molecule has 5 rings (SSSR count). The minimum Gasteiger partial charge on any atom is -0.349 e. The maximum absolute atomic E-state index is 13.7. The highest BCUT2D eigenvalue weighted by Crippen LogP contribution is 2.33. The Kier molecular flexibility index (Phi) is 6.25. The molecule has 3 aromatic rings. The summed E-state index contributed by atoms with van der Waals surface area (Å²) in [6.07, 6.45) is 2.20. The molecule has 0 aromatic heterocycles.